The van der Waals surface area contributed by atoms with Crippen molar-refractivity contribution >= 4 is 0 Å². The molecule has 0 atom stereocenters. The molecule has 0 amide bonds. The van der Waals surface area contributed by atoms with Crippen molar-refractivity contribution in [1.29, 1.82) is 0 Å². The van der Waals surface area contributed by atoms with Gasteiger partial charge in [0.1, 0.15) is 5.60 Å². The lowest BCUT2D eigenvalue weighted by molar-refractivity contribution is -0.366. The Kier molecular flexibility index (Phi) is 18.6. The van der Waals surface area contributed by atoms with E-state index in [2.05, 4.69) is 27.7 Å². The Balaban J connectivity index is 3.81. The summed E-state index contributed by atoms with van der Waals surface area (Å²) < 4.78 is 0. The van der Waals surface area contributed by atoms with E-state index in [1.165, 1.54) is 83.5 Å². The lowest BCUT2D eigenvalue weighted by atomic mass is 9.87. The molecule has 0 spiro atoms. The van der Waals surface area contributed by atoms with Crippen LogP contribution in [0.4, 0.5) is 0 Å². The summed E-state index contributed by atoms with van der Waals surface area (Å²) in [5.74, 6) is 0. The lowest BCUT2D eigenvalue weighted by Crippen LogP contribution is -2.33. The van der Waals surface area contributed by atoms with Crippen LogP contribution in [0.15, 0.2) is 0 Å². The van der Waals surface area contributed by atoms with Crippen LogP contribution >= 0.6 is 0 Å². The summed E-state index contributed by atoms with van der Waals surface area (Å²) in [6.45, 7) is 9.65. The summed E-state index contributed by atoms with van der Waals surface area (Å²) in [7, 11) is 0. The highest BCUT2D eigenvalue weighted by molar-refractivity contribution is 4.79. The molecule has 0 aromatic carbocycles. The van der Waals surface area contributed by atoms with Crippen molar-refractivity contribution in [2.45, 2.75) is 142 Å². The molecule has 0 aliphatic rings. The smallest absolute Gasteiger partial charge is 0.104 e. The molecule has 25 heavy (non-hydrogen) atoms. The Labute approximate surface area is 159 Å². The normalized spacial score (nSPS) is 12.0. The van der Waals surface area contributed by atoms with Gasteiger partial charge >= 0.3 is 0 Å². The average molecular weight is 357 g/mol. The van der Waals surface area contributed by atoms with Crippen LogP contribution in [-0.2, 0) is 9.78 Å². The summed E-state index contributed by atoms with van der Waals surface area (Å²) in [4.78, 5) is 11.4. The molecule has 0 aromatic rings. The van der Waals surface area contributed by atoms with E-state index in [0.717, 1.165) is 25.7 Å². The molecule has 0 fully saturated rings. The third-order valence-corrected chi connectivity index (χ3v) is 5.17. The summed E-state index contributed by atoms with van der Waals surface area (Å²) in [5.41, 5.74) is -0.0298. The predicted molar refractivity (Wildman–Crippen MR) is 111 cm³/mol. The van der Waals surface area contributed by atoms with Gasteiger partial charge in [0, 0.05) is 0 Å². The fourth-order valence-electron chi connectivity index (χ4n) is 3.77. The van der Waals surface area contributed by atoms with Crippen molar-refractivity contribution in [2.24, 2.45) is 0 Å². The van der Waals surface area contributed by atoms with Crippen molar-refractivity contribution in [3.05, 3.63) is 0 Å². The highest BCUT2D eigenvalue weighted by Gasteiger charge is 2.30. The van der Waals surface area contributed by atoms with E-state index >= 15 is 0 Å². The number of rotatable bonds is 20. The number of hydrogen-bond donors (Lipinski definition) is 0. The summed E-state index contributed by atoms with van der Waals surface area (Å²) >= 11 is 0. The molecule has 0 heterocycles. The zero-order valence-corrected chi connectivity index (χ0v) is 18.0. The first-order valence-corrected chi connectivity index (χ1v) is 11.5. The van der Waals surface area contributed by atoms with Crippen LogP contribution in [0.5, 0.6) is 0 Å². The van der Waals surface area contributed by atoms with Gasteiger partial charge in [0.25, 0.3) is 0 Å². The fraction of sp³-hybridized carbons (Fsp3) is 1.00. The van der Waals surface area contributed by atoms with Gasteiger partial charge in [-0.05, 0) is 25.7 Å². The maximum Gasteiger partial charge on any atom is 0.104 e. The van der Waals surface area contributed by atoms with Gasteiger partial charge in [-0.15, -0.1) is 0 Å². The average Bonchev–Trinajstić information content (AvgIpc) is 2.60. The van der Waals surface area contributed by atoms with Gasteiger partial charge in [-0.2, -0.15) is 0 Å². The van der Waals surface area contributed by atoms with E-state index in [1.807, 2.05) is 0 Å². The highest BCUT2D eigenvalue weighted by atomic mass is 17.2. The molecule has 0 N–H and O–H groups in total. The van der Waals surface area contributed by atoms with E-state index in [0.29, 0.717) is 6.61 Å². The maximum absolute atomic E-state index is 5.94. The molecule has 0 aromatic heterocycles. The summed E-state index contributed by atoms with van der Waals surface area (Å²) in [6, 6.07) is 0. The Morgan fingerprint density at radius 1 is 0.480 bits per heavy atom. The highest BCUT2D eigenvalue weighted by Crippen LogP contribution is 2.31. The fourth-order valence-corrected chi connectivity index (χ4v) is 3.77. The van der Waals surface area contributed by atoms with Gasteiger partial charge in [-0.25, -0.2) is 9.78 Å². The molecule has 0 saturated carbocycles. The van der Waals surface area contributed by atoms with Gasteiger partial charge in [-0.3, -0.25) is 0 Å². The van der Waals surface area contributed by atoms with Gasteiger partial charge in [0.2, 0.25) is 0 Å². The topological polar surface area (TPSA) is 18.5 Å². The monoisotopic (exact) mass is 356 g/mol. The van der Waals surface area contributed by atoms with E-state index in [1.54, 1.807) is 0 Å². The first-order chi connectivity index (χ1) is 12.2. The molecular weight excluding hydrogens is 308 g/mol. The third-order valence-electron chi connectivity index (χ3n) is 5.17. The lowest BCUT2D eigenvalue weighted by Gasteiger charge is -2.32. The second-order valence-electron chi connectivity index (χ2n) is 7.87. The quantitative estimate of drug-likeness (QED) is 0.124. The summed E-state index contributed by atoms with van der Waals surface area (Å²) in [5, 5.41) is 0. The molecular formula is C23H48O2. The third kappa shape index (κ3) is 14.7. The first-order valence-electron chi connectivity index (χ1n) is 11.5. The van der Waals surface area contributed by atoms with Gasteiger partial charge in [-0.1, -0.05) is 111 Å². The van der Waals surface area contributed by atoms with Crippen molar-refractivity contribution in [1.82, 2.24) is 0 Å². The molecule has 0 aliphatic carbocycles. The van der Waals surface area contributed by atoms with E-state index < -0.39 is 0 Å². The zero-order chi connectivity index (χ0) is 18.6. The second-order valence-corrected chi connectivity index (χ2v) is 7.87. The van der Waals surface area contributed by atoms with Crippen molar-refractivity contribution in [3.8, 4) is 0 Å². The standard InChI is InChI=1S/C23H48O2/c1-5-9-10-11-12-13-14-15-16-17-18-21-23(19-6-2,20-7-3)25-24-22-8-4/h5-22H2,1-4H3. The van der Waals surface area contributed by atoms with Crippen LogP contribution in [0.1, 0.15) is 137 Å². The van der Waals surface area contributed by atoms with Crippen LogP contribution in [0.25, 0.3) is 0 Å². The summed E-state index contributed by atoms with van der Waals surface area (Å²) in [6.07, 6.45) is 22.2. The predicted octanol–water partition coefficient (Wildman–Crippen LogP) is 8.38. The van der Waals surface area contributed by atoms with Crippen molar-refractivity contribution < 1.29 is 9.78 Å². The molecule has 0 radical (unpaired) electrons. The van der Waals surface area contributed by atoms with Gasteiger partial charge in [0.15, 0.2) is 0 Å². The van der Waals surface area contributed by atoms with Crippen molar-refractivity contribution in [2.75, 3.05) is 6.61 Å². The first kappa shape index (κ1) is 24.9. The Morgan fingerprint density at radius 3 is 1.40 bits per heavy atom. The molecule has 2 heteroatoms. The Morgan fingerprint density at radius 2 is 0.960 bits per heavy atom. The molecule has 2 nitrogen and oxygen atoms in total. The van der Waals surface area contributed by atoms with Gasteiger partial charge < -0.3 is 0 Å². The van der Waals surface area contributed by atoms with E-state index in [9.17, 15) is 0 Å². The van der Waals surface area contributed by atoms with Crippen LogP contribution in [0.3, 0.4) is 0 Å². The van der Waals surface area contributed by atoms with Crippen LogP contribution in [0, 0.1) is 0 Å². The largest absolute Gasteiger partial charge is 0.236 e. The minimum absolute atomic E-state index is 0.0298. The van der Waals surface area contributed by atoms with Crippen molar-refractivity contribution in [3.63, 3.8) is 0 Å². The molecule has 0 bridgehead atoms. The molecule has 0 rings (SSSR count). The second kappa shape index (κ2) is 18.7. The van der Waals surface area contributed by atoms with Crippen LogP contribution < -0.4 is 0 Å². The molecule has 0 unspecified atom stereocenters. The van der Waals surface area contributed by atoms with E-state index in [-0.39, 0.29) is 5.60 Å². The Hall–Kier alpha value is -0.0800. The number of unbranched alkanes of at least 4 members (excludes halogenated alkanes) is 10. The van der Waals surface area contributed by atoms with Gasteiger partial charge in [0.05, 0.1) is 6.61 Å². The molecule has 0 saturated heterocycles. The van der Waals surface area contributed by atoms with E-state index in [4.69, 9.17) is 9.78 Å². The minimum atomic E-state index is -0.0298. The molecule has 0 aliphatic heterocycles. The van der Waals surface area contributed by atoms with Crippen LogP contribution in [-0.4, -0.2) is 12.2 Å². The Bertz CT molecular complexity index is 246. The molecule has 152 valence electrons. The maximum atomic E-state index is 5.94. The SMILES string of the molecule is CCCCCCCCCCCCCC(CCC)(CCC)OOCCC. The zero-order valence-electron chi connectivity index (χ0n) is 18.0. The number of hydrogen-bond acceptors (Lipinski definition) is 2. The minimum Gasteiger partial charge on any atom is -0.236 e. The van der Waals surface area contributed by atoms with Crippen LogP contribution in [0.2, 0.25) is 0 Å².